The van der Waals surface area contributed by atoms with Crippen molar-refractivity contribution in [3.05, 3.63) is 28.2 Å². The lowest BCUT2D eigenvalue weighted by molar-refractivity contribution is -0.116. The minimum atomic E-state index is -0.0372. The van der Waals surface area contributed by atoms with Crippen LogP contribution in [-0.4, -0.2) is 43.7 Å². The van der Waals surface area contributed by atoms with Gasteiger partial charge in [-0.2, -0.15) is 0 Å². The molecule has 0 spiro atoms. The molecule has 1 heterocycles. The molecule has 104 valence electrons. The lowest BCUT2D eigenvalue weighted by Crippen LogP contribution is -2.38. The maximum Gasteiger partial charge on any atom is 0.225 e. The largest absolute Gasteiger partial charge is 0.379 e. The number of benzene rings is 1. The number of hydrogen-bond acceptors (Lipinski definition) is 3. The van der Waals surface area contributed by atoms with Gasteiger partial charge in [-0.1, -0.05) is 23.2 Å². The van der Waals surface area contributed by atoms with Crippen molar-refractivity contribution in [2.24, 2.45) is 0 Å². The van der Waals surface area contributed by atoms with Crippen LogP contribution in [0.25, 0.3) is 0 Å². The van der Waals surface area contributed by atoms with Gasteiger partial charge in [0.25, 0.3) is 0 Å². The van der Waals surface area contributed by atoms with Crippen LogP contribution in [0, 0.1) is 0 Å². The van der Waals surface area contributed by atoms with E-state index in [1.54, 1.807) is 18.2 Å². The van der Waals surface area contributed by atoms with Gasteiger partial charge in [-0.3, -0.25) is 9.69 Å². The number of anilines is 1. The lowest BCUT2D eigenvalue weighted by atomic mass is 10.3. The van der Waals surface area contributed by atoms with E-state index in [1.807, 2.05) is 0 Å². The van der Waals surface area contributed by atoms with E-state index in [4.69, 9.17) is 27.9 Å². The fourth-order valence-electron chi connectivity index (χ4n) is 1.93. The summed E-state index contributed by atoms with van der Waals surface area (Å²) in [5.74, 6) is -0.0372. The van der Waals surface area contributed by atoms with Crippen molar-refractivity contribution in [1.82, 2.24) is 4.90 Å². The molecule has 0 radical (unpaired) electrons. The summed E-state index contributed by atoms with van der Waals surface area (Å²) in [6.45, 7) is 3.99. The number of carbonyl (C=O) groups excluding carboxylic acids is 1. The zero-order chi connectivity index (χ0) is 13.7. The molecule has 1 aromatic rings. The molecular formula is C13H16Cl2N2O2. The molecule has 1 saturated heterocycles. The molecule has 1 aromatic carbocycles. The molecular weight excluding hydrogens is 287 g/mol. The quantitative estimate of drug-likeness (QED) is 0.930. The predicted molar refractivity (Wildman–Crippen MR) is 77.0 cm³/mol. The Balaban J connectivity index is 1.80. The predicted octanol–water partition coefficient (Wildman–Crippen LogP) is 2.65. The third-order valence-corrected chi connectivity index (χ3v) is 3.34. The number of hydrogen-bond donors (Lipinski definition) is 1. The van der Waals surface area contributed by atoms with Crippen LogP contribution in [0.15, 0.2) is 18.2 Å². The van der Waals surface area contributed by atoms with Crippen LogP contribution in [0.3, 0.4) is 0 Å². The molecule has 1 N–H and O–H groups in total. The Bertz CT molecular complexity index is 428. The van der Waals surface area contributed by atoms with Crippen molar-refractivity contribution < 1.29 is 9.53 Å². The number of rotatable bonds is 4. The SMILES string of the molecule is O=C(CCN1CCOCC1)Nc1cc(Cl)cc(Cl)c1. The van der Waals surface area contributed by atoms with Crippen LogP contribution in [0.5, 0.6) is 0 Å². The van der Waals surface area contributed by atoms with Gasteiger partial charge in [0.1, 0.15) is 0 Å². The average Bonchev–Trinajstić information content (AvgIpc) is 2.36. The first-order chi connectivity index (χ1) is 9.13. The Morgan fingerprint density at radius 3 is 2.47 bits per heavy atom. The van der Waals surface area contributed by atoms with Crippen LogP contribution in [0.1, 0.15) is 6.42 Å². The fraction of sp³-hybridized carbons (Fsp3) is 0.462. The molecule has 6 heteroatoms. The maximum absolute atomic E-state index is 11.8. The molecule has 1 fully saturated rings. The van der Waals surface area contributed by atoms with E-state index >= 15 is 0 Å². The Hall–Kier alpha value is -0.810. The van der Waals surface area contributed by atoms with Crippen molar-refractivity contribution in [1.29, 1.82) is 0 Å². The zero-order valence-electron chi connectivity index (χ0n) is 10.5. The number of nitrogens with one attached hydrogen (secondary N) is 1. The molecule has 4 nitrogen and oxygen atoms in total. The van der Waals surface area contributed by atoms with Gasteiger partial charge < -0.3 is 10.1 Å². The average molecular weight is 303 g/mol. The van der Waals surface area contributed by atoms with Crippen molar-refractivity contribution in [3.8, 4) is 0 Å². The number of nitrogens with zero attached hydrogens (tertiary/aromatic N) is 1. The second kappa shape index (κ2) is 7.10. The van der Waals surface area contributed by atoms with E-state index in [0.717, 1.165) is 32.8 Å². The first kappa shape index (κ1) is 14.6. The molecule has 2 rings (SSSR count). The Morgan fingerprint density at radius 2 is 1.84 bits per heavy atom. The summed E-state index contributed by atoms with van der Waals surface area (Å²) in [6, 6.07) is 4.99. The van der Waals surface area contributed by atoms with Gasteiger partial charge in [0.2, 0.25) is 5.91 Å². The summed E-state index contributed by atoms with van der Waals surface area (Å²) in [5, 5.41) is 3.82. The van der Waals surface area contributed by atoms with Gasteiger partial charge in [0.15, 0.2) is 0 Å². The van der Waals surface area contributed by atoms with E-state index in [-0.39, 0.29) is 5.91 Å². The normalized spacial score (nSPS) is 16.3. The highest BCUT2D eigenvalue weighted by molar-refractivity contribution is 6.35. The van der Waals surface area contributed by atoms with Crippen LogP contribution in [0.4, 0.5) is 5.69 Å². The second-order valence-corrected chi connectivity index (χ2v) is 5.28. The third kappa shape index (κ3) is 4.99. The monoisotopic (exact) mass is 302 g/mol. The fourth-order valence-corrected chi connectivity index (χ4v) is 2.46. The van der Waals surface area contributed by atoms with Gasteiger partial charge in [-0.05, 0) is 18.2 Å². The zero-order valence-corrected chi connectivity index (χ0v) is 12.0. The maximum atomic E-state index is 11.8. The van der Waals surface area contributed by atoms with Crippen molar-refractivity contribution in [2.45, 2.75) is 6.42 Å². The smallest absolute Gasteiger partial charge is 0.225 e. The molecule has 1 aliphatic rings. The van der Waals surface area contributed by atoms with Gasteiger partial charge in [0, 0.05) is 41.8 Å². The van der Waals surface area contributed by atoms with Crippen molar-refractivity contribution in [3.63, 3.8) is 0 Å². The number of morpholine rings is 1. The van der Waals surface area contributed by atoms with Crippen LogP contribution < -0.4 is 5.32 Å². The topological polar surface area (TPSA) is 41.6 Å². The molecule has 0 atom stereocenters. The van der Waals surface area contributed by atoms with E-state index < -0.39 is 0 Å². The Kier molecular flexibility index (Phi) is 5.45. The van der Waals surface area contributed by atoms with Crippen LogP contribution >= 0.6 is 23.2 Å². The summed E-state index contributed by atoms with van der Waals surface area (Å²) in [5.41, 5.74) is 0.629. The number of halogens is 2. The highest BCUT2D eigenvalue weighted by atomic mass is 35.5. The molecule has 0 aliphatic carbocycles. The van der Waals surface area contributed by atoms with E-state index in [0.29, 0.717) is 22.2 Å². The van der Waals surface area contributed by atoms with Crippen LogP contribution in [0.2, 0.25) is 10.0 Å². The standard InChI is InChI=1S/C13H16Cl2N2O2/c14-10-7-11(15)9-12(8-10)16-13(18)1-2-17-3-5-19-6-4-17/h7-9H,1-6H2,(H,16,18). The summed E-state index contributed by atoms with van der Waals surface area (Å²) < 4.78 is 5.26. The van der Waals surface area contributed by atoms with E-state index in [2.05, 4.69) is 10.2 Å². The molecule has 0 bridgehead atoms. The first-order valence-corrected chi connectivity index (χ1v) is 6.95. The third-order valence-electron chi connectivity index (χ3n) is 2.91. The molecule has 19 heavy (non-hydrogen) atoms. The van der Waals surface area contributed by atoms with E-state index in [1.165, 1.54) is 0 Å². The van der Waals surface area contributed by atoms with Gasteiger partial charge in [0.05, 0.1) is 13.2 Å². The summed E-state index contributed by atoms with van der Waals surface area (Å²) in [6.07, 6.45) is 0.449. The summed E-state index contributed by atoms with van der Waals surface area (Å²) in [7, 11) is 0. The van der Waals surface area contributed by atoms with Gasteiger partial charge in [-0.15, -0.1) is 0 Å². The molecule has 0 unspecified atom stereocenters. The Morgan fingerprint density at radius 1 is 1.21 bits per heavy atom. The highest BCUT2D eigenvalue weighted by Crippen LogP contribution is 2.22. The van der Waals surface area contributed by atoms with Gasteiger partial charge >= 0.3 is 0 Å². The second-order valence-electron chi connectivity index (χ2n) is 4.41. The first-order valence-electron chi connectivity index (χ1n) is 6.19. The molecule has 1 amide bonds. The van der Waals surface area contributed by atoms with Crippen molar-refractivity contribution in [2.75, 3.05) is 38.2 Å². The minimum absolute atomic E-state index is 0.0372. The number of amides is 1. The lowest BCUT2D eigenvalue weighted by Gasteiger charge is -2.26. The highest BCUT2D eigenvalue weighted by Gasteiger charge is 2.12. The molecule has 0 aromatic heterocycles. The molecule has 0 saturated carbocycles. The Labute approximate surface area is 122 Å². The number of ether oxygens (including phenoxy) is 1. The molecule has 1 aliphatic heterocycles. The summed E-state index contributed by atoms with van der Waals surface area (Å²) >= 11 is 11.7. The van der Waals surface area contributed by atoms with Crippen LogP contribution in [-0.2, 0) is 9.53 Å². The van der Waals surface area contributed by atoms with Crippen molar-refractivity contribution >= 4 is 34.8 Å². The number of carbonyl (C=O) groups is 1. The van der Waals surface area contributed by atoms with E-state index in [9.17, 15) is 4.79 Å². The minimum Gasteiger partial charge on any atom is -0.379 e. The van der Waals surface area contributed by atoms with Gasteiger partial charge in [-0.25, -0.2) is 0 Å². The summed E-state index contributed by atoms with van der Waals surface area (Å²) in [4.78, 5) is 14.0.